The summed E-state index contributed by atoms with van der Waals surface area (Å²) in [6, 6.07) is 1.82. The minimum Gasteiger partial charge on any atom is -0.507 e. The second-order valence-electron chi connectivity index (χ2n) is 4.39. The number of aryl methyl sites for hydroxylation is 3. The number of rotatable bonds is 1. The molecule has 0 fully saturated rings. The molecule has 0 aliphatic carbocycles. The molecule has 0 saturated carbocycles. The Kier molecular flexibility index (Phi) is 2.38. The number of benzene rings is 1. The molecule has 1 heterocycles. The number of carbonyl (C=O) groups is 1. The third-order valence-corrected chi connectivity index (χ3v) is 3.40. The fourth-order valence-electron chi connectivity index (χ4n) is 2.32. The van der Waals surface area contributed by atoms with Crippen molar-refractivity contribution in [1.82, 2.24) is 4.57 Å². The Balaban J connectivity index is 3.07. The quantitative estimate of drug-likeness (QED) is 0.795. The maximum atomic E-state index is 11.3. The summed E-state index contributed by atoms with van der Waals surface area (Å²) in [6.07, 6.45) is 0. The van der Waals surface area contributed by atoms with E-state index < -0.39 is 5.97 Å². The lowest BCUT2D eigenvalue weighted by Gasteiger charge is -2.06. The number of hydrogen-bond acceptors (Lipinski definition) is 2. The molecule has 2 rings (SSSR count). The van der Waals surface area contributed by atoms with Crippen LogP contribution in [0.1, 0.15) is 27.2 Å². The maximum Gasteiger partial charge on any atom is 0.338 e. The third-order valence-electron chi connectivity index (χ3n) is 3.40. The standard InChI is InChI=1S/C13H15NO3/c1-6-5-9-10(7(2)12(6)15)11(13(16)17)8(3)14(9)4/h5,15H,1-4H3,(H,16,17). The summed E-state index contributed by atoms with van der Waals surface area (Å²) in [7, 11) is 1.83. The van der Waals surface area contributed by atoms with Crippen molar-refractivity contribution in [1.29, 1.82) is 0 Å². The van der Waals surface area contributed by atoms with Crippen molar-refractivity contribution in [3.8, 4) is 5.75 Å². The van der Waals surface area contributed by atoms with Crippen LogP contribution in [0.4, 0.5) is 0 Å². The van der Waals surface area contributed by atoms with E-state index in [1.165, 1.54) is 0 Å². The molecule has 0 amide bonds. The normalized spacial score (nSPS) is 11.1. The number of nitrogens with zero attached hydrogens (tertiary/aromatic N) is 1. The van der Waals surface area contributed by atoms with E-state index in [1.54, 1.807) is 13.8 Å². The Morgan fingerprint density at radius 3 is 2.41 bits per heavy atom. The van der Waals surface area contributed by atoms with Crippen LogP contribution in [-0.4, -0.2) is 20.7 Å². The summed E-state index contributed by atoms with van der Waals surface area (Å²) in [5.74, 6) is -0.787. The number of aromatic nitrogens is 1. The van der Waals surface area contributed by atoms with Gasteiger partial charge in [-0.25, -0.2) is 4.79 Å². The average Bonchev–Trinajstić information content (AvgIpc) is 2.50. The van der Waals surface area contributed by atoms with Gasteiger partial charge in [-0.2, -0.15) is 0 Å². The van der Waals surface area contributed by atoms with Gasteiger partial charge in [0.15, 0.2) is 0 Å². The van der Waals surface area contributed by atoms with Crippen LogP contribution in [0.15, 0.2) is 6.07 Å². The molecule has 17 heavy (non-hydrogen) atoms. The van der Waals surface area contributed by atoms with Gasteiger partial charge in [-0.05, 0) is 32.4 Å². The van der Waals surface area contributed by atoms with Crippen LogP contribution in [0.25, 0.3) is 10.9 Å². The summed E-state index contributed by atoms with van der Waals surface area (Å²) < 4.78 is 1.85. The lowest BCUT2D eigenvalue weighted by atomic mass is 10.0. The highest BCUT2D eigenvalue weighted by Gasteiger charge is 2.21. The van der Waals surface area contributed by atoms with E-state index in [0.29, 0.717) is 16.6 Å². The Bertz CT molecular complexity index is 638. The fraction of sp³-hybridized carbons (Fsp3) is 0.308. The van der Waals surface area contributed by atoms with E-state index in [4.69, 9.17) is 0 Å². The van der Waals surface area contributed by atoms with Crippen molar-refractivity contribution < 1.29 is 15.0 Å². The summed E-state index contributed by atoms with van der Waals surface area (Å²) in [6.45, 7) is 5.33. The molecule has 0 atom stereocenters. The van der Waals surface area contributed by atoms with Crippen LogP contribution in [-0.2, 0) is 7.05 Å². The molecular weight excluding hydrogens is 218 g/mol. The Morgan fingerprint density at radius 2 is 1.88 bits per heavy atom. The molecule has 0 radical (unpaired) electrons. The minimum atomic E-state index is -0.959. The van der Waals surface area contributed by atoms with Gasteiger partial charge >= 0.3 is 5.97 Å². The van der Waals surface area contributed by atoms with Crippen molar-refractivity contribution in [2.75, 3.05) is 0 Å². The van der Waals surface area contributed by atoms with E-state index in [1.807, 2.05) is 24.6 Å². The third kappa shape index (κ3) is 1.40. The molecule has 4 nitrogen and oxygen atoms in total. The lowest BCUT2D eigenvalue weighted by Crippen LogP contribution is -1.99. The second kappa shape index (κ2) is 3.52. The molecular formula is C13H15NO3. The number of phenolic OH excluding ortho intramolecular Hbond substituents is 1. The van der Waals surface area contributed by atoms with Gasteiger partial charge < -0.3 is 14.8 Å². The first kappa shape index (κ1) is 11.5. The van der Waals surface area contributed by atoms with E-state index in [9.17, 15) is 15.0 Å². The largest absolute Gasteiger partial charge is 0.507 e. The van der Waals surface area contributed by atoms with Gasteiger partial charge in [0.25, 0.3) is 0 Å². The zero-order valence-corrected chi connectivity index (χ0v) is 10.3. The van der Waals surface area contributed by atoms with Crippen LogP contribution in [0.3, 0.4) is 0 Å². The topological polar surface area (TPSA) is 62.5 Å². The molecule has 1 aromatic carbocycles. The zero-order chi connectivity index (χ0) is 12.9. The predicted molar refractivity (Wildman–Crippen MR) is 65.8 cm³/mol. The van der Waals surface area contributed by atoms with Crippen LogP contribution in [0.2, 0.25) is 0 Å². The van der Waals surface area contributed by atoms with Crippen LogP contribution in [0.5, 0.6) is 5.75 Å². The molecule has 1 aromatic heterocycles. The first-order chi connectivity index (χ1) is 7.86. The number of phenols is 1. The van der Waals surface area contributed by atoms with Crippen LogP contribution in [0, 0.1) is 20.8 Å². The summed E-state index contributed by atoms with van der Waals surface area (Å²) in [4.78, 5) is 11.3. The molecule has 0 bridgehead atoms. The summed E-state index contributed by atoms with van der Waals surface area (Å²) >= 11 is 0. The highest BCUT2D eigenvalue weighted by Crippen LogP contribution is 2.35. The Labute approximate surface area is 99.1 Å². The van der Waals surface area contributed by atoms with Crippen molar-refractivity contribution in [3.05, 3.63) is 28.5 Å². The van der Waals surface area contributed by atoms with Crippen molar-refractivity contribution in [2.24, 2.45) is 7.05 Å². The maximum absolute atomic E-state index is 11.3. The summed E-state index contributed by atoms with van der Waals surface area (Å²) in [5, 5.41) is 19.8. The van der Waals surface area contributed by atoms with Gasteiger partial charge in [-0.1, -0.05) is 0 Å². The second-order valence-corrected chi connectivity index (χ2v) is 4.39. The van der Waals surface area contributed by atoms with Crippen LogP contribution < -0.4 is 0 Å². The Morgan fingerprint density at radius 1 is 1.29 bits per heavy atom. The number of aromatic carboxylic acids is 1. The molecule has 0 spiro atoms. The smallest absolute Gasteiger partial charge is 0.338 e. The zero-order valence-electron chi connectivity index (χ0n) is 10.3. The first-order valence-corrected chi connectivity index (χ1v) is 5.37. The van der Waals surface area contributed by atoms with Crippen molar-refractivity contribution in [2.45, 2.75) is 20.8 Å². The molecule has 2 aromatic rings. The SMILES string of the molecule is Cc1cc2c(c(C)c1O)c(C(=O)O)c(C)n2C. The van der Waals surface area contributed by atoms with Gasteiger partial charge in [0.05, 0.1) is 5.56 Å². The van der Waals surface area contributed by atoms with E-state index in [-0.39, 0.29) is 11.3 Å². The highest BCUT2D eigenvalue weighted by atomic mass is 16.4. The monoisotopic (exact) mass is 233 g/mol. The minimum absolute atomic E-state index is 0.172. The fourth-order valence-corrected chi connectivity index (χ4v) is 2.32. The molecule has 2 N–H and O–H groups in total. The Hall–Kier alpha value is -1.97. The van der Waals surface area contributed by atoms with Gasteiger partial charge in [0.2, 0.25) is 0 Å². The molecule has 4 heteroatoms. The number of aromatic hydroxyl groups is 1. The summed E-state index contributed by atoms with van der Waals surface area (Å²) in [5.41, 5.74) is 3.19. The number of fused-ring (bicyclic) bond motifs is 1. The molecule has 0 unspecified atom stereocenters. The number of carboxylic acids is 1. The molecule has 90 valence electrons. The van der Waals surface area contributed by atoms with Crippen molar-refractivity contribution >= 4 is 16.9 Å². The molecule has 0 aliphatic heterocycles. The first-order valence-electron chi connectivity index (χ1n) is 5.37. The number of hydrogen-bond donors (Lipinski definition) is 2. The van der Waals surface area contributed by atoms with Crippen LogP contribution >= 0.6 is 0 Å². The molecule has 0 saturated heterocycles. The van der Waals surface area contributed by atoms with Crippen molar-refractivity contribution in [3.63, 3.8) is 0 Å². The van der Waals surface area contributed by atoms with E-state index in [0.717, 1.165) is 11.1 Å². The lowest BCUT2D eigenvalue weighted by molar-refractivity contribution is 0.0698. The average molecular weight is 233 g/mol. The predicted octanol–water partition coefficient (Wildman–Crippen LogP) is 2.51. The van der Waals surface area contributed by atoms with Gasteiger partial charge in [-0.3, -0.25) is 0 Å². The van der Waals surface area contributed by atoms with Gasteiger partial charge in [-0.15, -0.1) is 0 Å². The highest BCUT2D eigenvalue weighted by molar-refractivity contribution is 6.07. The van der Waals surface area contributed by atoms with Gasteiger partial charge in [0.1, 0.15) is 5.75 Å². The number of carboxylic acid groups (broad SMARTS) is 1. The molecule has 0 aliphatic rings. The van der Waals surface area contributed by atoms with Gasteiger partial charge in [0, 0.05) is 29.2 Å². The van der Waals surface area contributed by atoms with E-state index in [2.05, 4.69) is 0 Å². The van der Waals surface area contributed by atoms with E-state index >= 15 is 0 Å².